The van der Waals surface area contributed by atoms with E-state index in [0.29, 0.717) is 61.0 Å². The van der Waals surface area contributed by atoms with Crippen LogP contribution in [-0.2, 0) is 19.1 Å². The molecule has 0 amide bonds. The van der Waals surface area contributed by atoms with Crippen LogP contribution in [0.4, 0.5) is 0 Å². The number of allylic oxidation sites excluding steroid dienone is 1. The first kappa shape index (κ1) is 27.1. The van der Waals surface area contributed by atoms with Gasteiger partial charge >= 0.3 is 17.9 Å². The van der Waals surface area contributed by atoms with E-state index in [1.54, 1.807) is 36.4 Å². The average Bonchev–Trinajstić information content (AvgIpc) is 2.90. The first-order valence-electron chi connectivity index (χ1n) is 12.9. The van der Waals surface area contributed by atoms with Gasteiger partial charge in [-0.2, -0.15) is 0 Å². The lowest BCUT2D eigenvalue weighted by atomic mass is 9.83. The smallest absolute Gasteiger partial charge is 0.342 e. The van der Waals surface area contributed by atoms with Gasteiger partial charge in [0.25, 0.3) is 0 Å². The average molecular weight is 521 g/mol. The summed E-state index contributed by atoms with van der Waals surface area (Å²) in [6.07, 6.45) is 6.89. The van der Waals surface area contributed by atoms with Gasteiger partial charge in [0.1, 0.15) is 22.8 Å². The number of carbonyl (C=O) groups excluding carboxylic acids is 4. The van der Waals surface area contributed by atoms with Gasteiger partial charge in [0.2, 0.25) is 0 Å². The van der Waals surface area contributed by atoms with E-state index in [1.807, 2.05) is 13.0 Å². The second-order valence-electron chi connectivity index (χ2n) is 9.57. The number of cyclic esters (lactones) is 1. The van der Waals surface area contributed by atoms with Gasteiger partial charge in [-0.1, -0.05) is 24.3 Å². The molecule has 2 heterocycles. The molecular weight excluding hydrogens is 488 g/mol. The molecule has 0 N–H and O–H groups in total. The second kappa shape index (κ2) is 12.1. The summed E-state index contributed by atoms with van der Waals surface area (Å²) in [4.78, 5) is 50.1. The molecule has 2 aliphatic rings. The second-order valence-corrected chi connectivity index (χ2v) is 9.57. The molecule has 0 aliphatic carbocycles. The molecule has 0 bridgehead atoms. The Labute approximate surface area is 221 Å². The zero-order chi connectivity index (χ0) is 27.2. The Morgan fingerprint density at radius 3 is 2.47 bits per heavy atom. The Morgan fingerprint density at radius 1 is 1.03 bits per heavy atom. The van der Waals surface area contributed by atoms with Crippen molar-refractivity contribution in [3.05, 3.63) is 64.2 Å². The molecule has 0 saturated heterocycles. The number of benzene rings is 2. The summed E-state index contributed by atoms with van der Waals surface area (Å²) in [7, 11) is 2.79. The number of fused-ring (bicyclic) bond motifs is 2. The first-order chi connectivity index (χ1) is 18.3. The summed E-state index contributed by atoms with van der Waals surface area (Å²) in [5.74, 6) is -1.08. The third kappa shape index (κ3) is 5.96. The standard InChI is InChI=1S/C30H32O8/c1-18-8-7-11-22(31)10-6-4-5-9-21-16-24-27(28(35-2)26(21)30(34)37-18)23(17-25(32)38-24)19-12-14-20(15-13-19)29(33)36-3/h5,9,12-16,18,23H,4,6-8,10-11,17H2,1-3H3/t18-,23+/m1/s1. The van der Waals surface area contributed by atoms with Crippen LogP contribution in [0.2, 0.25) is 0 Å². The molecule has 2 aliphatic heterocycles. The maximum Gasteiger partial charge on any atom is 0.342 e. The van der Waals surface area contributed by atoms with Gasteiger partial charge in [0, 0.05) is 24.3 Å². The number of ketones is 1. The highest BCUT2D eigenvalue weighted by atomic mass is 16.5. The molecule has 2 aromatic carbocycles. The van der Waals surface area contributed by atoms with Crippen LogP contribution in [0.3, 0.4) is 0 Å². The molecule has 4 rings (SSSR count). The molecule has 0 saturated carbocycles. The van der Waals surface area contributed by atoms with E-state index in [0.717, 1.165) is 5.56 Å². The Balaban J connectivity index is 1.82. The molecule has 0 spiro atoms. The third-order valence-corrected chi connectivity index (χ3v) is 6.90. The highest BCUT2D eigenvalue weighted by Crippen LogP contribution is 2.47. The quantitative estimate of drug-likeness (QED) is 0.391. The molecule has 8 nitrogen and oxygen atoms in total. The van der Waals surface area contributed by atoms with E-state index in [-0.39, 0.29) is 23.5 Å². The highest BCUT2D eigenvalue weighted by Gasteiger charge is 2.36. The molecule has 0 aromatic heterocycles. The van der Waals surface area contributed by atoms with E-state index in [2.05, 4.69) is 0 Å². The molecule has 0 radical (unpaired) electrons. The third-order valence-electron chi connectivity index (χ3n) is 6.90. The number of esters is 3. The maximum absolute atomic E-state index is 13.5. The Morgan fingerprint density at radius 2 is 1.76 bits per heavy atom. The number of rotatable bonds is 3. The van der Waals surface area contributed by atoms with Crippen molar-refractivity contribution in [2.75, 3.05) is 14.2 Å². The van der Waals surface area contributed by atoms with Crippen LogP contribution >= 0.6 is 0 Å². The van der Waals surface area contributed by atoms with Crippen LogP contribution < -0.4 is 9.47 Å². The molecule has 8 heteroatoms. The fourth-order valence-corrected chi connectivity index (χ4v) is 4.96. The van der Waals surface area contributed by atoms with Crippen molar-refractivity contribution in [3.63, 3.8) is 0 Å². The predicted molar refractivity (Wildman–Crippen MR) is 139 cm³/mol. The number of hydrogen-bond donors (Lipinski definition) is 0. The monoisotopic (exact) mass is 520 g/mol. The van der Waals surface area contributed by atoms with Gasteiger partial charge in [-0.25, -0.2) is 9.59 Å². The maximum atomic E-state index is 13.5. The summed E-state index contributed by atoms with van der Waals surface area (Å²) < 4.78 is 22.0. The Bertz CT molecular complexity index is 1260. The van der Waals surface area contributed by atoms with Crippen LogP contribution in [0.5, 0.6) is 11.5 Å². The van der Waals surface area contributed by atoms with Crippen LogP contribution in [0, 0.1) is 0 Å². The van der Waals surface area contributed by atoms with Crippen LogP contribution in [0.1, 0.15) is 95.2 Å². The van der Waals surface area contributed by atoms with E-state index in [9.17, 15) is 19.2 Å². The lowest BCUT2D eigenvalue weighted by Gasteiger charge is -2.29. The summed E-state index contributed by atoms with van der Waals surface area (Å²) in [6.45, 7) is 1.81. The van der Waals surface area contributed by atoms with Crippen molar-refractivity contribution in [3.8, 4) is 11.5 Å². The number of carbonyl (C=O) groups is 4. The van der Waals surface area contributed by atoms with Gasteiger partial charge in [0.05, 0.1) is 32.3 Å². The summed E-state index contributed by atoms with van der Waals surface area (Å²) >= 11 is 0. The molecule has 2 aromatic rings. The number of Topliss-reactive ketones (excluding diaryl/α,β-unsaturated/α-hetero) is 1. The molecule has 0 fully saturated rings. The highest BCUT2D eigenvalue weighted by molar-refractivity contribution is 5.99. The molecule has 0 unspecified atom stereocenters. The summed E-state index contributed by atoms with van der Waals surface area (Å²) in [6, 6.07) is 8.45. The van der Waals surface area contributed by atoms with E-state index in [4.69, 9.17) is 18.9 Å². The normalized spacial score (nSPS) is 20.3. The zero-order valence-electron chi connectivity index (χ0n) is 21.9. The number of hydrogen-bond acceptors (Lipinski definition) is 8. The largest absolute Gasteiger partial charge is 0.495 e. The summed E-state index contributed by atoms with van der Waals surface area (Å²) in [5, 5.41) is 0. The molecule has 38 heavy (non-hydrogen) atoms. The lowest BCUT2D eigenvalue weighted by Crippen LogP contribution is -2.24. The van der Waals surface area contributed by atoms with E-state index in [1.165, 1.54) is 14.2 Å². The summed E-state index contributed by atoms with van der Waals surface area (Å²) in [5.41, 5.74) is 2.49. The van der Waals surface area contributed by atoms with Crippen molar-refractivity contribution < 1.29 is 38.1 Å². The topological polar surface area (TPSA) is 105 Å². The first-order valence-corrected chi connectivity index (χ1v) is 12.9. The van der Waals surface area contributed by atoms with Gasteiger partial charge < -0.3 is 18.9 Å². The Hall–Kier alpha value is -3.94. The van der Waals surface area contributed by atoms with Gasteiger partial charge in [0.15, 0.2) is 0 Å². The zero-order valence-corrected chi connectivity index (χ0v) is 21.9. The SMILES string of the molecule is COC(=O)c1ccc([C@@H]2CC(=O)Oc3cc4c(c(OC)c32)C(=O)O[C@H](C)CCCC(=O)CCCC=C4)cc1. The van der Waals surface area contributed by atoms with E-state index >= 15 is 0 Å². The van der Waals surface area contributed by atoms with Gasteiger partial charge in [-0.15, -0.1) is 0 Å². The van der Waals surface area contributed by atoms with Gasteiger partial charge in [-0.3, -0.25) is 9.59 Å². The van der Waals surface area contributed by atoms with Crippen molar-refractivity contribution >= 4 is 29.8 Å². The number of ether oxygens (including phenoxy) is 4. The lowest BCUT2D eigenvalue weighted by molar-refractivity contribution is -0.135. The minimum Gasteiger partial charge on any atom is -0.495 e. The fourth-order valence-electron chi connectivity index (χ4n) is 4.96. The van der Waals surface area contributed by atoms with Crippen molar-refractivity contribution in [2.45, 2.75) is 63.9 Å². The van der Waals surface area contributed by atoms with Gasteiger partial charge in [-0.05, 0) is 61.9 Å². The van der Waals surface area contributed by atoms with Crippen LogP contribution in [0.25, 0.3) is 6.08 Å². The molecule has 2 atom stereocenters. The fraction of sp³-hybridized carbons (Fsp3) is 0.400. The minimum absolute atomic E-state index is 0.0367. The molecule has 200 valence electrons. The molecular formula is C30H32O8. The Kier molecular flexibility index (Phi) is 8.61. The van der Waals surface area contributed by atoms with Crippen molar-refractivity contribution in [1.29, 1.82) is 0 Å². The predicted octanol–water partition coefficient (Wildman–Crippen LogP) is 5.40. The van der Waals surface area contributed by atoms with Crippen LogP contribution in [0.15, 0.2) is 36.4 Å². The van der Waals surface area contributed by atoms with Crippen LogP contribution in [-0.4, -0.2) is 44.0 Å². The van der Waals surface area contributed by atoms with Crippen molar-refractivity contribution in [2.24, 2.45) is 0 Å². The minimum atomic E-state index is -0.545. The van der Waals surface area contributed by atoms with E-state index < -0.39 is 29.9 Å². The number of methoxy groups -OCH3 is 2. The van der Waals surface area contributed by atoms with Crippen molar-refractivity contribution in [1.82, 2.24) is 0 Å².